The maximum atomic E-state index is 9.44. The van der Waals surface area contributed by atoms with Crippen LogP contribution in [0.3, 0.4) is 0 Å². The highest BCUT2D eigenvalue weighted by atomic mass is 16.3. The lowest BCUT2D eigenvalue weighted by atomic mass is 9.81. The maximum absolute atomic E-state index is 9.44. The van der Waals surface area contributed by atoms with Gasteiger partial charge < -0.3 is 16.2 Å². The van der Waals surface area contributed by atoms with E-state index in [1.165, 1.54) is 16.7 Å². The summed E-state index contributed by atoms with van der Waals surface area (Å²) in [5.41, 5.74) is 9.39. The number of aryl methyl sites for hydroxylation is 2. The topological polar surface area (TPSA) is 58.3 Å². The number of benzene rings is 1. The van der Waals surface area contributed by atoms with Crippen LogP contribution in [0, 0.1) is 13.8 Å². The predicted octanol–water partition coefficient (Wildman–Crippen LogP) is 1.49. The number of aliphatic hydroxyl groups is 1. The molecule has 0 heterocycles. The molecule has 1 atom stereocenters. The Morgan fingerprint density at radius 1 is 1.33 bits per heavy atom. The van der Waals surface area contributed by atoms with Crippen molar-refractivity contribution in [3.05, 3.63) is 34.9 Å². The third-order valence-electron chi connectivity index (χ3n) is 3.34. The number of nitrogens with one attached hydrogen (secondary N) is 1. The molecule has 1 rings (SSSR count). The standard InChI is InChI=1S/C15H26N2O/c1-11-5-6-12(2)14(7-11)15(3,4)10-17-9-13(18)8-16/h5-7,13,17-18H,8-10,16H2,1-4H3. The summed E-state index contributed by atoms with van der Waals surface area (Å²) in [7, 11) is 0. The van der Waals surface area contributed by atoms with Gasteiger partial charge in [-0.15, -0.1) is 0 Å². The normalized spacial score (nSPS) is 13.7. The number of aliphatic hydroxyl groups excluding tert-OH is 1. The Morgan fingerprint density at radius 3 is 2.61 bits per heavy atom. The zero-order valence-corrected chi connectivity index (χ0v) is 12.0. The summed E-state index contributed by atoms with van der Waals surface area (Å²) in [6.45, 7) is 10.4. The SMILES string of the molecule is Cc1ccc(C)c(C(C)(C)CNCC(O)CN)c1. The van der Waals surface area contributed by atoms with Gasteiger partial charge in [-0.2, -0.15) is 0 Å². The highest BCUT2D eigenvalue weighted by Crippen LogP contribution is 2.26. The van der Waals surface area contributed by atoms with Crippen LogP contribution in [-0.4, -0.2) is 30.8 Å². The highest BCUT2D eigenvalue weighted by Gasteiger charge is 2.22. The molecule has 102 valence electrons. The molecule has 0 aromatic heterocycles. The second kappa shape index (κ2) is 6.32. The van der Waals surface area contributed by atoms with Gasteiger partial charge in [0.05, 0.1) is 6.10 Å². The van der Waals surface area contributed by atoms with E-state index < -0.39 is 6.10 Å². The van der Waals surface area contributed by atoms with Gasteiger partial charge >= 0.3 is 0 Å². The molecular weight excluding hydrogens is 224 g/mol. The molecule has 0 aliphatic rings. The summed E-state index contributed by atoms with van der Waals surface area (Å²) in [5.74, 6) is 0. The smallest absolute Gasteiger partial charge is 0.0786 e. The highest BCUT2D eigenvalue weighted by molar-refractivity contribution is 5.36. The molecule has 0 radical (unpaired) electrons. The quantitative estimate of drug-likeness (QED) is 0.717. The number of rotatable bonds is 6. The molecule has 0 amide bonds. The van der Waals surface area contributed by atoms with Gasteiger partial charge in [-0.05, 0) is 25.0 Å². The van der Waals surface area contributed by atoms with E-state index in [-0.39, 0.29) is 5.41 Å². The molecule has 18 heavy (non-hydrogen) atoms. The Labute approximate surface area is 110 Å². The molecule has 0 fully saturated rings. The van der Waals surface area contributed by atoms with E-state index in [0.29, 0.717) is 13.1 Å². The Kier molecular flexibility index (Phi) is 5.32. The molecule has 1 unspecified atom stereocenters. The van der Waals surface area contributed by atoms with Crippen LogP contribution in [0.2, 0.25) is 0 Å². The van der Waals surface area contributed by atoms with Crippen LogP contribution in [0.5, 0.6) is 0 Å². The Balaban J connectivity index is 2.70. The number of hydrogen-bond donors (Lipinski definition) is 3. The van der Waals surface area contributed by atoms with Crippen LogP contribution in [0.4, 0.5) is 0 Å². The van der Waals surface area contributed by atoms with Gasteiger partial charge in [0, 0.05) is 25.0 Å². The molecule has 3 heteroatoms. The summed E-state index contributed by atoms with van der Waals surface area (Å²) in [5, 5.41) is 12.7. The lowest BCUT2D eigenvalue weighted by molar-refractivity contribution is 0.177. The zero-order chi connectivity index (χ0) is 13.8. The monoisotopic (exact) mass is 250 g/mol. The minimum atomic E-state index is -0.459. The van der Waals surface area contributed by atoms with Crippen molar-refractivity contribution in [2.24, 2.45) is 5.73 Å². The molecule has 0 bridgehead atoms. The zero-order valence-electron chi connectivity index (χ0n) is 12.0. The van der Waals surface area contributed by atoms with Crippen LogP contribution in [-0.2, 0) is 5.41 Å². The molecule has 4 N–H and O–H groups in total. The minimum Gasteiger partial charge on any atom is -0.390 e. The fourth-order valence-corrected chi connectivity index (χ4v) is 2.19. The van der Waals surface area contributed by atoms with Crippen LogP contribution in [0.1, 0.15) is 30.5 Å². The van der Waals surface area contributed by atoms with Crippen LogP contribution >= 0.6 is 0 Å². The first-order valence-electron chi connectivity index (χ1n) is 6.53. The van der Waals surface area contributed by atoms with Gasteiger partial charge in [0.25, 0.3) is 0 Å². The van der Waals surface area contributed by atoms with Crippen molar-refractivity contribution in [3.8, 4) is 0 Å². The van der Waals surface area contributed by atoms with Crippen molar-refractivity contribution < 1.29 is 5.11 Å². The summed E-state index contributed by atoms with van der Waals surface area (Å²) in [6.07, 6.45) is -0.459. The van der Waals surface area contributed by atoms with E-state index in [2.05, 4.69) is 51.2 Å². The fraction of sp³-hybridized carbons (Fsp3) is 0.600. The number of hydrogen-bond acceptors (Lipinski definition) is 3. The molecule has 0 saturated heterocycles. The first-order valence-corrected chi connectivity index (χ1v) is 6.53. The van der Waals surface area contributed by atoms with Crippen LogP contribution in [0.25, 0.3) is 0 Å². The average molecular weight is 250 g/mol. The lowest BCUT2D eigenvalue weighted by Crippen LogP contribution is -2.39. The molecule has 0 aliphatic heterocycles. The Bertz CT molecular complexity index is 388. The van der Waals surface area contributed by atoms with Crippen molar-refractivity contribution in [2.45, 2.75) is 39.2 Å². The third-order valence-corrected chi connectivity index (χ3v) is 3.34. The van der Waals surface area contributed by atoms with Gasteiger partial charge in [0.2, 0.25) is 0 Å². The molecular formula is C15H26N2O. The van der Waals surface area contributed by atoms with Crippen LogP contribution < -0.4 is 11.1 Å². The van der Waals surface area contributed by atoms with Gasteiger partial charge in [-0.25, -0.2) is 0 Å². The van der Waals surface area contributed by atoms with E-state index in [1.807, 2.05) is 0 Å². The molecule has 1 aromatic carbocycles. The first-order chi connectivity index (χ1) is 8.36. The summed E-state index contributed by atoms with van der Waals surface area (Å²) in [6, 6.07) is 6.55. The molecule has 0 saturated carbocycles. The fourth-order valence-electron chi connectivity index (χ4n) is 2.19. The molecule has 0 aliphatic carbocycles. The molecule has 0 spiro atoms. The summed E-state index contributed by atoms with van der Waals surface area (Å²) >= 11 is 0. The van der Waals surface area contributed by atoms with E-state index in [0.717, 1.165) is 6.54 Å². The molecule has 3 nitrogen and oxygen atoms in total. The van der Waals surface area contributed by atoms with E-state index >= 15 is 0 Å². The molecule has 1 aromatic rings. The third kappa shape index (κ3) is 4.09. The van der Waals surface area contributed by atoms with Crippen molar-refractivity contribution in [2.75, 3.05) is 19.6 Å². The Hall–Kier alpha value is -0.900. The van der Waals surface area contributed by atoms with Crippen molar-refractivity contribution in [1.29, 1.82) is 0 Å². The maximum Gasteiger partial charge on any atom is 0.0786 e. The van der Waals surface area contributed by atoms with E-state index in [1.54, 1.807) is 0 Å². The van der Waals surface area contributed by atoms with E-state index in [4.69, 9.17) is 5.73 Å². The van der Waals surface area contributed by atoms with Crippen molar-refractivity contribution in [3.63, 3.8) is 0 Å². The summed E-state index contributed by atoms with van der Waals surface area (Å²) < 4.78 is 0. The van der Waals surface area contributed by atoms with Crippen molar-refractivity contribution >= 4 is 0 Å². The predicted molar refractivity (Wildman–Crippen MR) is 76.9 cm³/mol. The van der Waals surface area contributed by atoms with Crippen molar-refractivity contribution in [1.82, 2.24) is 5.32 Å². The van der Waals surface area contributed by atoms with Gasteiger partial charge in [0.1, 0.15) is 0 Å². The largest absolute Gasteiger partial charge is 0.390 e. The van der Waals surface area contributed by atoms with Crippen LogP contribution in [0.15, 0.2) is 18.2 Å². The lowest BCUT2D eigenvalue weighted by Gasteiger charge is -2.28. The Morgan fingerprint density at radius 2 is 2.00 bits per heavy atom. The average Bonchev–Trinajstić information content (AvgIpc) is 2.31. The van der Waals surface area contributed by atoms with Gasteiger partial charge in [-0.1, -0.05) is 37.6 Å². The van der Waals surface area contributed by atoms with Gasteiger partial charge in [-0.3, -0.25) is 0 Å². The van der Waals surface area contributed by atoms with E-state index in [9.17, 15) is 5.11 Å². The second-order valence-electron chi connectivity index (χ2n) is 5.72. The summed E-state index contributed by atoms with van der Waals surface area (Å²) in [4.78, 5) is 0. The minimum absolute atomic E-state index is 0.0461. The van der Waals surface area contributed by atoms with Gasteiger partial charge in [0.15, 0.2) is 0 Å². The first kappa shape index (κ1) is 15.2. The second-order valence-corrected chi connectivity index (χ2v) is 5.72. The number of nitrogens with two attached hydrogens (primary N) is 1.